The maximum atomic E-state index is 12.8. The molecule has 0 fully saturated rings. The Hall–Kier alpha value is -3.73. The Labute approximate surface area is 159 Å². The number of benzene rings is 2. The van der Waals surface area contributed by atoms with E-state index in [0.717, 1.165) is 18.3 Å². The van der Waals surface area contributed by atoms with Crippen LogP contribution < -0.4 is 5.32 Å². The largest absolute Gasteiger partial charge is 0.416 e. The lowest BCUT2D eigenvalue weighted by molar-refractivity contribution is -0.137. The standard InChI is InChI=1S/C20H14F3N5/c1-12-17(11-25)19(27-16-8-2-13(10-24)3-9-16)28-18(26-12)14-4-6-15(7-5-14)20(21,22)23/h2-9,11,25H,1H3,(H,26,27,28). The second kappa shape index (κ2) is 7.48. The zero-order chi connectivity index (χ0) is 20.3. The molecule has 2 N–H and O–H groups in total. The average molecular weight is 381 g/mol. The second-order valence-corrected chi connectivity index (χ2v) is 5.93. The Balaban J connectivity index is 2.00. The molecule has 0 atom stereocenters. The summed E-state index contributed by atoms with van der Waals surface area (Å²) < 4.78 is 38.3. The molecule has 0 bridgehead atoms. The molecule has 0 saturated heterocycles. The first-order valence-corrected chi connectivity index (χ1v) is 8.16. The lowest BCUT2D eigenvalue weighted by Crippen LogP contribution is -2.06. The van der Waals surface area contributed by atoms with Crippen molar-refractivity contribution in [2.24, 2.45) is 0 Å². The van der Waals surface area contributed by atoms with Gasteiger partial charge in [0, 0.05) is 17.5 Å². The number of aromatic nitrogens is 2. The maximum absolute atomic E-state index is 12.8. The lowest BCUT2D eigenvalue weighted by atomic mass is 10.1. The predicted molar refractivity (Wildman–Crippen MR) is 99.5 cm³/mol. The number of aryl methyl sites for hydroxylation is 1. The molecular weight excluding hydrogens is 367 g/mol. The van der Waals surface area contributed by atoms with E-state index in [0.29, 0.717) is 33.9 Å². The lowest BCUT2D eigenvalue weighted by Gasteiger charge is -2.13. The number of nitriles is 1. The quantitative estimate of drug-likeness (QED) is 0.617. The number of alkyl halides is 3. The van der Waals surface area contributed by atoms with Crippen molar-refractivity contribution in [3.8, 4) is 17.5 Å². The first-order chi connectivity index (χ1) is 13.3. The molecule has 3 aromatic rings. The van der Waals surface area contributed by atoms with E-state index in [1.807, 2.05) is 6.07 Å². The van der Waals surface area contributed by atoms with Crippen molar-refractivity contribution in [2.75, 3.05) is 5.32 Å². The summed E-state index contributed by atoms with van der Waals surface area (Å²) in [4.78, 5) is 8.69. The van der Waals surface area contributed by atoms with E-state index in [4.69, 9.17) is 10.7 Å². The Bertz CT molecular complexity index is 1050. The van der Waals surface area contributed by atoms with Crippen LogP contribution >= 0.6 is 0 Å². The summed E-state index contributed by atoms with van der Waals surface area (Å²) >= 11 is 0. The monoisotopic (exact) mass is 381 g/mol. The van der Waals surface area contributed by atoms with Crippen LogP contribution in [0.1, 0.15) is 22.4 Å². The van der Waals surface area contributed by atoms with E-state index in [9.17, 15) is 13.2 Å². The molecule has 8 heteroatoms. The highest BCUT2D eigenvalue weighted by Crippen LogP contribution is 2.31. The van der Waals surface area contributed by atoms with Gasteiger partial charge in [0.25, 0.3) is 0 Å². The summed E-state index contributed by atoms with van der Waals surface area (Å²) in [7, 11) is 0. The Morgan fingerprint density at radius 2 is 1.68 bits per heavy atom. The zero-order valence-corrected chi connectivity index (χ0v) is 14.7. The number of nitrogens with one attached hydrogen (secondary N) is 2. The maximum Gasteiger partial charge on any atom is 0.416 e. The van der Waals surface area contributed by atoms with E-state index < -0.39 is 11.7 Å². The van der Waals surface area contributed by atoms with Crippen LogP contribution in [0.25, 0.3) is 11.4 Å². The fourth-order valence-electron chi connectivity index (χ4n) is 2.55. The van der Waals surface area contributed by atoms with Gasteiger partial charge in [-0.15, -0.1) is 0 Å². The van der Waals surface area contributed by atoms with E-state index in [1.165, 1.54) is 12.1 Å². The zero-order valence-electron chi connectivity index (χ0n) is 14.7. The normalized spacial score (nSPS) is 11.0. The van der Waals surface area contributed by atoms with Gasteiger partial charge in [-0.1, -0.05) is 12.1 Å². The average Bonchev–Trinajstić information content (AvgIpc) is 2.68. The molecule has 28 heavy (non-hydrogen) atoms. The molecule has 0 aliphatic carbocycles. The highest BCUT2D eigenvalue weighted by molar-refractivity contribution is 5.87. The first kappa shape index (κ1) is 19.0. The molecular formula is C20H14F3N5. The molecule has 0 radical (unpaired) electrons. The summed E-state index contributed by atoms with van der Waals surface area (Å²) in [6, 6.07) is 13.3. The van der Waals surface area contributed by atoms with Gasteiger partial charge in [-0.25, -0.2) is 9.97 Å². The van der Waals surface area contributed by atoms with Crippen molar-refractivity contribution in [3.63, 3.8) is 0 Å². The van der Waals surface area contributed by atoms with Gasteiger partial charge in [0.1, 0.15) is 5.82 Å². The Morgan fingerprint density at radius 3 is 2.21 bits per heavy atom. The molecule has 0 saturated carbocycles. The van der Waals surface area contributed by atoms with Crippen molar-refractivity contribution in [1.82, 2.24) is 9.97 Å². The van der Waals surface area contributed by atoms with Crippen LogP contribution in [0.4, 0.5) is 24.7 Å². The molecule has 1 heterocycles. The van der Waals surface area contributed by atoms with Gasteiger partial charge in [-0.2, -0.15) is 18.4 Å². The summed E-state index contributed by atoms with van der Waals surface area (Å²) in [5, 5.41) is 19.6. The van der Waals surface area contributed by atoms with Crippen molar-refractivity contribution in [2.45, 2.75) is 13.1 Å². The molecule has 3 rings (SSSR count). The third-order valence-corrected chi connectivity index (χ3v) is 4.03. The molecule has 5 nitrogen and oxygen atoms in total. The molecule has 1 aromatic heterocycles. The fourth-order valence-corrected chi connectivity index (χ4v) is 2.55. The minimum Gasteiger partial charge on any atom is -0.340 e. The van der Waals surface area contributed by atoms with Crippen LogP contribution in [-0.4, -0.2) is 16.2 Å². The van der Waals surface area contributed by atoms with Crippen LogP contribution in [0.3, 0.4) is 0 Å². The topological polar surface area (TPSA) is 85.5 Å². The molecule has 140 valence electrons. The van der Waals surface area contributed by atoms with Gasteiger partial charge in [0.2, 0.25) is 0 Å². The fraction of sp³-hybridized carbons (Fsp3) is 0.100. The van der Waals surface area contributed by atoms with E-state index in [1.54, 1.807) is 31.2 Å². The SMILES string of the molecule is Cc1nc(-c2ccc(C(F)(F)F)cc2)nc(Nc2ccc(C#N)cc2)c1C=N. The van der Waals surface area contributed by atoms with Crippen LogP contribution in [-0.2, 0) is 6.18 Å². The smallest absolute Gasteiger partial charge is 0.340 e. The highest BCUT2D eigenvalue weighted by atomic mass is 19.4. The third kappa shape index (κ3) is 3.99. The van der Waals surface area contributed by atoms with Crippen LogP contribution in [0.15, 0.2) is 48.5 Å². The number of hydrogen-bond acceptors (Lipinski definition) is 5. The van der Waals surface area contributed by atoms with Gasteiger partial charge in [0.15, 0.2) is 5.82 Å². The van der Waals surface area contributed by atoms with Gasteiger partial charge >= 0.3 is 6.18 Å². The van der Waals surface area contributed by atoms with Gasteiger partial charge in [-0.05, 0) is 43.3 Å². The molecule has 0 unspecified atom stereocenters. The number of anilines is 2. The molecule has 2 aromatic carbocycles. The van der Waals surface area contributed by atoms with Crippen molar-refractivity contribution < 1.29 is 13.2 Å². The van der Waals surface area contributed by atoms with E-state index in [-0.39, 0.29) is 5.82 Å². The second-order valence-electron chi connectivity index (χ2n) is 5.93. The Kier molecular flexibility index (Phi) is 5.09. The van der Waals surface area contributed by atoms with E-state index >= 15 is 0 Å². The van der Waals surface area contributed by atoms with Crippen molar-refractivity contribution >= 4 is 17.7 Å². The predicted octanol–water partition coefficient (Wildman–Crippen LogP) is 5.08. The van der Waals surface area contributed by atoms with Gasteiger partial charge in [-0.3, -0.25) is 0 Å². The summed E-state index contributed by atoms with van der Waals surface area (Å²) in [6.45, 7) is 1.69. The number of nitrogens with zero attached hydrogens (tertiary/aromatic N) is 3. The number of rotatable bonds is 4. The number of hydrogen-bond donors (Lipinski definition) is 2. The first-order valence-electron chi connectivity index (χ1n) is 8.16. The van der Waals surface area contributed by atoms with E-state index in [2.05, 4.69) is 15.3 Å². The number of halogens is 3. The third-order valence-electron chi connectivity index (χ3n) is 4.03. The van der Waals surface area contributed by atoms with Crippen LogP contribution in [0.5, 0.6) is 0 Å². The molecule has 0 spiro atoms. The summed E-state index contributed by atoms with van der Waals surface area (Å²) in [6.07, 6.45) is -3.31. The molecule has 0 aliphatic heterocycles. The minimum absolute atomic E-state index is 0.243. The highest BCUT2D eigenvalue weighted by Gasteiger charge is 2.30. The summed E-state index contributed by atoms with van der Waals surface area (Å²) in [5.74, 6) is 0.593. The van der Waals surface area contributed by atoms with Gasteiger partial charge in [0.05, 0.1) is 28.5 Å². The molecule has 0 aliphatic rings. The van der Waals surface area contributed by atoms with Crippen LogP contribution in [0.2, 0.25) is 0 Å². The summed E-state index contributed by atoms with van der Waals surface area (Å²) in [5.41, 5.74) is 1.80. The van der Waals surface area contributed by atoms with Gasteiger partial charge < -0.3 is 10.7 Å². The van der Waals surface area contributed by atoms with Crippen molar-refractivity contribution in [1.29, 1.82) is 10.7 Å². The Morgan fingerprint density at radius 1 is 1.04 bits per heavy atom. The molecule has 0 amide bonds. The van der Waals surface area contributed by atoms with Crippen molar-refractivity contribution in [3.05, 3.63) is 70.9 Å². The van der Waals surface area contributed by atoms with Crippen LogP contribution in [0, 0.1) is 23.7 Å². The minimum atomic E-state index is -4.42.